The lowest BCUT2D eigenvalue weighted by Gasteiger charge is -2.13. The Balaban J connectivity index is 1.78. The zero-order chi connectivity index (χ0) is 11.2. The van der Waals surface area contributed by atoms with Crippen molar-refractivity contribution in [3.05, 3.63) is 42.5 Å². The molecule has 0 aliphatic rings. The van der Waals surface area contributed by atoms with Crippen LogP contribution >= 0.6 is 0 Å². The van der Waals surface area contributed by atoms with Crippen molar-refractivity contribution < 1.29 is 0 Å². The number of rotatable bonds is 5. The predicted molar refractivity (Wildman–Crippen MR) is 60.7 cm³/mol. The van der Waals surface area contributed by atoms with Crippen LogP contribution in [0.3, 0.4) is 0 Å². The zero-order valence-electron chi connectivity index (χ0n) is 9.24. The highest BCUT2D eigenvalue weighted by molar-refractivity contribution is 5.12. The SMILES string of the molecule is CC(NCCn1ccnn1)c1cccnc1. The van der Waals surface area contributed by atoms with Gasteiger partial charge in [0, 0.05) is 31.2 Å². The molecule has 1 atom stereocenters. The zero-order valence-corrected chi connectivity index (χ0v) is 9.24. The summed E-state index contributed by atoms with van der Waals surface area (Å²) in [6.07, 6.45) is 7.21. The molecule has 0 aliphatic heterocycles. The Bertz CT molecular complexity index is 398. The van der Waals surface area contributed by atoms with Gasteiger partial charge in [-0.2, -0.15) is 0 Å². The summed E-state index contributed by atoms with van der Waals surface area (Å²) in [5.41, 5.74) is 1.20. The summed E-state index contributed by atoms with van der Waals surface area (Å²) in [4.78, 5) is 4.10. The van der Waals surface area contributed by atoms with E-state index in [9.17, 15) is 0 Å². The molecule has 0 amide bonds. The Labute approximate surface area is 94.5 Å². The van der Waals surface area contributed by atoms with E-state index in [1.807, 2.05) is 23.1 Å². The fourth-order valence-corrected chi connectivity index (χ4v) is 1.50. The fraction of sp³-hybridized carbons (Fsp3) is 0.364. The van der Waals surface area contributed by atoms with Crippen LogP contribution in [-0.4, -0.2) is 26.5 Å². The van der Waals surface area contributed by atoms with E-state index < -0.39 is 0 Å². The van der Waals surface area contributed by atoms with Crippen molar-refractivity contribution in [2.24, 2.45) is 0 Å². The molecule has 1 unspecified atom stereocenters. The molecule has 2 rings (SSSR count). The first-order valence-corrected chi connectivity index (χ1v) is 5.33. The molecular formula is C11H15N5. The van der Waals surface area contributed by atoms with E-state index >= 15 is 0 Å². The number of pyridine rings is 1. The van der Waals surface area contributed by atoms with Crippen molar-refractivity contribution in [3.8, 4) is 0 Å². The minimum Gasteiger partial charge on any atom is -0.308 e. The van der Waals surface area contributed by atoms with Crippen LogP contribution in [0.25, 0.3) is 0 Å². The van der Waals surface area contributed by atoms with E-state index in [4.69, 9.17) is 0 Å². The van der Waals surface area contributed by atoms with Gasteiger partial charge in [0.05, 0.1) is 12.7 Å². The number of nitrogens with one attached hydrogen (secondary N) is 1. The lowest BCUT2D eigenvalue weighted by molar-refractivity contribution is 0.498. The van der Waals surface area contributed by atoms with Gasteiger partial charge in [0.1, 0.15) is 0 Å². The smallest absolute Gasteiger partial charge is 0.0692 e. The van der Waals surface area contributed by atoms with Gasteiger partial charge in [-0.3, -0.25) is 9.67 Å². The second kappa shape index (κ2) is 5.37. The molecule has 0 saturated carbocycles. The predicted octanol–water partition coefficient (Wildman–Crippen LogP) is 1.02. The van der Waals surface area contributed by atoms with Gasteiger partial charge in [0.25, 0.3) is 0 Å². The third-order valence-corrected chi connectivity index (χ3v) is 2.45. The molecule has 0 aliphatic carbocycles. The van der Waals surface area contributed by atoms with E-state index in [0.29, 0.717) is 6.04 Å². The molecule has 0 saturated heterocycles. The molecule has 0 bridgehead atoms. The maximum absolute atomic E-state index is 4.10. The average Bonchev–Trinajstić information content (AvgIpc) is 2.83. The summed E-state index contributed by atoms with van der Waals surface area (Å²) < 4.78 is 1.81. The summed E-state index contributed by atoms with van der Waals surface area (Å²) in [5, 5.41) is 11.1. The van der Waals surface area contributed by atoms with Crippen LogP contribution in [0.2, 0.25) is 0 Å². The fourth-order valence-electron chi connectivity index (χ4n) is 1.50. The highest BCUT2D eigenvalue weighted by Crippen LogP contribution is 2.08. The third kappa shape index (κ3) is 2.87. The lowest BCUT2D eigenvalue weighted by atomic mass is 10.1. The quantitative estimate of drug-likeness (QED) is 0.812. The van der Waals surface area contributed by atoms with E-state index in [1.165, 1.54) is 5.56 Å². The van der Waals surface area contributed by atoms with Crippen molar-refractivity contribution >= 4 is 0 Å². The molecule has 0 aromatic carbocycles. The first-order valence-electron chi connectivity index (χ1n) is 5.33. The molecule has 2 heterocycles. The van der Waals surface area contributed by atoms with Gasteiger partial charge in [0.15, 0.2) is 0 Å². The highest BCUT2D eigenvalue weighted by Gasteiger charge is 2.03. The number of hydrogen-bond acceptors (Lipinski definition) is 4. The maximum Gasteiger partial charge on any atom is 0.0692 e. The van der Waals surface area contributed by atoms with Gasteiger partial charge in [-0.25, -0.2) is 0 Å². The first kappa shape index (κ1) is 10.8. The average molecular weight is 217 g/mol. The van der Waals surface area contributed by atoms with Gasteiger partial charge >= 0.3 is 0 Å². The molecule has 5 nitrogen and oxygen atoms in total. The van der Waals surface area contributed by atoms with Crippen molar-refractivity contribution in [2.45, 2.75) is 19.5 Å². The summed E-state index contributed by atoms with van der Waals surface area (Å²) >= 11 is 0. The largest absolute Gasteiger partial charge is 0.308 e. The Morgan fingerprint density at radius 3 is 3.06 bits per heavy atom. The molecule has 0 radical (unpaired) electrons. The van der Waals surface area contributed by atoms with Crippen LogP contribution < -0.4 is 5.32 Å². The molecule has 0 fully saturated rings. The summed E-state index contributed by atoms with van der Waals surface area (Å²) in [6.45, 7) is 3.81. The van der Waals surface area contributed by atoms with Crippen molar-refractivity contribution in [1.29, 1.82) is 0 Å². The second-order valence-corrected chi connectivity index (χ2v) is 3.63. The summed E-state index contributed by atoms with van der Waals surface area (Å²) in [7, 11) is 0. The number of nitrogens with zero attached hydrogens (tertiary/aromatic N) is 4. The van der Waals surface area contributed by atoms with Crippen LogP contribution in [-0.2, 0) is 6.54 Å². The Morgan fingerprint density at radius 1 is 1.44 bits per heavy atom. The van der Waals surface area contributed by atoms with Gasteiger partial charge in [-0.15, -0.1) is 5.10 Å². The molecule has 84 valence electrons. The van der Waals surface area contributed by atoms with E-state index in [1.54, 1.807) is 12.4 Å². The Morgan fingerprint density at radius 2 is 2.38 bits per heavy atom. The van der Waals surface area contributed by atoms with E-state index in [-0.39, 0.29) is 0 Å². The minimum atomic E-state index is 0.303. The van der Waals surface area contributed by atoms with Crippen LogP contribution in [0, 0.1) is 0 Å². The molecule has 1 N–H and O–H groups in total. The number of aromatic nitrogens is 4. The lowest BCUT2D eigenvalue weighted by Crippen LogP contribution is -2.23. The third-order valence-electron chi connectivity index (χ3n) is 2.45. The van der Waals surface area contributed by atoms with Crippen LogP contribution in [0.5, 0.6) is 0 Å². The normalized spacial score (nSPS) is 12.6. The second-order valence-electron chi connectivity index (χ2n) is 3.63. The van der Waals surface area contributed by atoms with Crippen molar-refractivity contribution in [2.75, 3.05) is 6.54 Å². The molecule has 2 aromatic rings. The van der Waals surface area contributed by atoms with Gasteiger partial charge in [0.2, 0.25) is 0 Å². The topological polar surface area (TPSA) is 55.6 Å². The minimum absolute atomic E-state index is 0.303. The van der Waals surface area contributed by atoms with Crippen LogP contribution in [0.15, 0.2) is 36.9 Å². The molecule has 16 heavy (non-hydrogen) atoms. The summed E-state index contributed by atoms with van der Waals surface area (Å²) in [5.74, 6) is 0. The maximum atomic E-state index is 4.10. The van der Waals surface area contributed by atoms with Gasteiger partial charge in [-0.1, -0.05) is 11.3 Å². The van der Waals surface area contributed by atoms with Crippen molar-refractivity contribution in [3.63, 3.8) is 0 Å². The first-order chi connectivity index (χ1) is 7.86. The van der Waals surface area contributed by atoms with Gasteiger partial charge in [-0.05, 0) is 18.6 Å². The highest BCUT2D eigenvalue weighted by atomic mass is 15.4. The van der Waals surface area contributed by atoms with Gasteiger partial charge < -0.3 is 5.32 Å². The van der Waals surface area contributed by atoms with Crippen LogP contribution in [0.4, 0.5) is 0 Å². The summed E-state index contributed by atoms with van der Waals surface area (Å²) in [6, 6.07) is 4.32. The molecule has 0 spiro atoms. The molecule has 2 aromatic heterocycles. The Kier molecular flexibility index (Phi) is 3.61. The molecule has 5 heteroatoms. The standard InChI is InChI=1S/C11H15N5/c1-10(11-3-2-4-12-9-11)13-5-7-16-8-6-14-15-16/h2-4,6,8-10,13H,5,7H2,1H3. The Hall–Kier alpha value is -1.75. The van der Waals surface area contributed by atoms with Crippen LogP contribution in [0.1, 0.15) is 18.5 Å². The molecular weight excluding hydrogens is 202 g/mol. The van der Waals surface area contributed by atoms with E-state index in [0.717, 1.165) is 13.1 Å². The van der Waals surface area contributed by atoms with Crippen molar-refractivity contribution in [1.82, 2.24) is 25.3 Å². The number of hydrogen-bond donors (Lipinski definition) is 1. The van der Waals surface area contributed by atoms with E-state index in [2.05, 4.69) is 33.6 Å². The monoisotopic (exact) mass is 217 g/mol.